The van der Waals surface area contributed by atoms with Gasteiger partial charge in [0.05, 0.1) is 17.4 Å². The van der Waals surface area contributed by atoms with Crippen LogP contribution in [-0.2, 0) is 24.7 Å². The third-order valence-electron chi connectivity index (χ3n) is 4.54. The molecule has 4 rings (SSSR count). The van der Waals surface area contributed by atoms with Crippen molar-refractivity contribution in [2.75, 3.05) is 0 Å². The molecule has 0 radical (unpaired) electrons. The maximum atomic E-state index is 12.3. The average Bonchev–Trinajstić information content (AvgIpc) is 3.13. The molecule has 5 heteroatoms. The van der Waals surface area contributed by atoms with E-state index < -0.39 is 0 Å². The number of carbonyl (C=O) groups is 1. The van der Waals surface area contributed by atoms with Crippen LogP contribution in [-0.4, -0.2) is 25.5 Å². The molecule has 0 aliphatic carbocycles. The van der Waals surface area contributed by atoms with Gasteiger partial charge in [-0.2, -0.15) is 5.10 Å². The van der Waals surface area contributed by atoms with E-state index in [0.717, 1.165) is 34.3 Å². The number of benzene rings is 1. The first kappa shape index (κ1) is 17.1. The molecule has 0 atom stereocenters. The van der Waals surface area contributed by atoms with Gasteiger partial charge in [0.2, 0.25) is 0 Å². The minimum absolute atomic E-state index is 0.189. The summed E-state index contributed by atoms with van der Waals surface area (Å²) in [6.45, 7) is 0. The summed E-state index contributed by atoms with van der Waals surface area (Å²) in [5, 5.41) is 5.16. The number of carbonyl (C=O) groups excluding carboxylic acids is 1. The summed E-state index contributed by atoms with van der Waals surface area (Å²) in [7, 11) is 1.88. The molecule has 0 fully saturated rings. The fourth-order valence-electron chi connectivity index (χ4n) is 3.09. The van der Waals surface area contributed by atoms with E-state index in [1.165, 1.54) is 5.56 Å². The first-order valence-corrected chi connectivity index (χ1v) is 8.98. The number of hydrogen-bond acceptors (Lipinski definition) is 4. The zero-order valence-corrected chi connectivity index (χ0v) is 15.2. The predicted molar refractivity (Wildman–Crippen MR) is 105 cm³/mol. The van der Waals surface area contributed by atoms with Crippen molar-refractivity contribution in [3.63, 3.8) is 0 Å². The van der Waals surface area contributed by atoms with E-state index in [1.54, 1.807) is 17.1 Å². The Morgan fingerprint density at radius 1 is 1.07 bits per heavy atom. The minimum atomic E-state index is 0.189. The third-order valence-corrected chi connectivity index (χ3v) is 4.54. The Morgan fingerprint density at radius 2 is 1.93 bits per heavy atom. The molecular weight excluding hydrogens is 336 g/mol. The van der Waals surface area contributed by atoms with Gasteiger partial charge in [-0.3, -0.25) is 14.5 Å². The van der Waals surface area contributed by atoms with Crippen LogP contribution in [0.4, 0.5) is 0 Å². The van der Waals surface area contributed by atoms with Crippen LogP contribution in [0, 0.1) is 0 Å². The summed E-state index contributed by atoms with van der Waals surface area (Å²) in [6.07, 6.45) is 7.13. The largest absolute Gasteiger partial charge is 0.299 e. The summed E-state index contributed by atoms with van der Waals surface area (Å²) in [4.78, 5) is 21.5. The van der Waals surface area contributed by atoms with Gasteiger partial charge in [0, 0.05) is 48.9 Å². The lowest BCUT2D eigenvalue weighted by Crippen LogP contribution is -2.06. The highest BCUT2D eigenvalue weighted by Gasteiger charge is 2.09. The quantitative estimate of drug-likeness (QED) is 0.527. The molecular formula is C22H20N4O. The zero-order chi connectivity index (χ0) is 18.6. The second-order valence-electron chi connectivity index (χ2n) is 6.67. The lowest BCUT2D eigenvalue weighted by molar-refractivity contribution is -0.118. The highest BCUT2D eigenvalue weighted by Crippen LogP contribution is 2.20. The first-order chi connectivity index (χ1) is 13.2. The van der Waals surface area contributed by atoms with Crippen molar-refractivity contribution in [3.05, 3.63) is 78.4 Å². The van der Waals surface area contributed by atoms with Crippen LogP contribution in [0.15, 0.2) is 67.1 Å². The maximum Gasteiger partial charge on any atom is 0.139 e. The lowest BCUT2D eigenvalue weighted by Gasteiger charge is -2.05. The maximum absolute atomic E-state index is 12.3. The molecule has 0 saturated heterocycles. The number of rotatable bonds is 6. The topological polar surface area (TPSA) is 60.7 Å². The van der Waals surface area contributed by atoms with Crippen LogP contribution >= 0.6 is 0 Å². The van der Waals surface area contributed by atoms with Gasteiger partial charge in [0.25, 0.3) is 0 Å². The van der Waals surface area contributed by atoms with Crippen LogP contribution in [0.1, 0.15) is 17.7 Å². The van der Waals surface area contributed by atoms with E-state index >= 15 is 0 Å². The Labute approximate surface area is 157 Å². The Bertz CT molecular complexity index is 1090. The summed E-state index contributed by atoms with van der Waals surface area (Å²) in [5.74, 6) is 0.189. The number of hydrogen-bond donors (Lipinski definition) is 0. The Hall–Kier alpha value is -3.34. The molecule has 27 heavy (non-hydrogen) atoms. The van der Waals surface area contributed by atoms with Crippen LogP contribution in [0.2, 0.25) is 0 Å². The van der Waals surface area contributed by atoms with Gasteiger partial charge in [0.1, 0.15) is 5.78 Å². The van der Waals surface area contributed by atoms with Crippen LogP contribution < -0.4 is 0 Å². The van der Waals surface area contributed by atoms with Crippen molar-refractivity contribution < 1.29 is 4.79 Å². The molecule has 1 aromatic carbocycles. The molecule has 0 bridgehead atoms. The van der Waals surface area contributed by atoms with E-state index in [4.69, 9.17) is 4.98 Å². The molecule has 0 aliphatic heterocycles. The molecule has 0 saturated carbocycles. The SMILES string of the molecule is Cn1cc(-c2ccc3cnc(CC(=O)CCc4ccccc4)cc3n2)cn1. The Balaban J connectivity index is 1.49. The number of fused-ring (bicyclic) bond motifs is 1. The third kappa shape index (κ3) is 4.08. The summed E-state index contributed by atoms with van der Waals surface area (Å²) < 4.78 is 1.75. The molecule has 0 aliphatic rings. The molecule has 0 N–H and O–H groups in total. The van der Waals surface area contributed by atoms with Gasteiger partial charge in [-0.05, 0) is 30.2 Å². The molecule has 3 aromatic heterocycles. The van der Waals surface area contributed by atoms with Gasteiger partial charge in [-0.1, -0.05) is 30.3 Å². The highest BCUT2D eigenvalue weighted by molar-refractivity contribution is 5.84. The van der Waals surface area contributed by atoms with Crippen molar-refractivity contribution in [2.45, 2.75) is 19.3 Å². The Morgan fingerprint density at radius 3 is 2.70 bits per heavy atom. The Kier molecular flexibility index (Phi) is 4.75. The van der Waals surface area contributed by atoms with Gasteiger partial charge in [-0.15, -0.1) is 0 Å². The van der Waals surface area contributed by atoms with E-state index in [-0.39, 0.29) is 5.78 Å². The standard InChI is InChI=1S/C22H20N4O/c1-26-15-18(14-24-26)21-10-8-17-13-23-19(12-22(17)25-21)11-20(27)9-7-16-5-3-2-4-6-16/h2-6,8,10,12-15H,7,9,11H2,1H3. The van der Waals surface area contributed by atoms with Gasteiger partial charge in [-0.25, -0.2) is 4.98 Å². The summed E-state index contributed by atoms with van der Waals surface area (Å²) in [5.41, 5.74) is 4.62. The van der Waals surface area contributed by atoms with E-state index in [1.807, 2.05) is 61.8 Å². The van der Waals surface area contributed by atoms with Crippen LogP contribution in [0.3, 0.4) is 0 Å². The van der Waals surface area contributed by atoms with Crippen LogP contribution in [0.25, 0.3) is 22.2 Å². The van der Waals surface area contributed by atoms with Gasteiger partial charge >= 0.3 is 0 Å². The van der Waals surface area contributed by atoms with Gasteiger partial charge < -0.3 is 0 Å². The monoisotopic (exact) mass is 356 g/mol. The fourth-order valence-corrected chi connectivity index (χ4v) is 3.09. The number of aryl methyl sites for hydroxylation is 2. The first-order valence-electron chi connectivity index (χ1n) is 8.98. The molecule has 5 nitrogen and oxygen atoms in total. The zero-order valence-electron chi connectivity index (χ0n) is 15.2. The molecule has 0 amide bonds. The van der Waals surface area contributed by atoms with Crippen molar-refractivity contribution in [3.8, 4) is 11.3 Å². The summed E-state index contributed by atoms with van der Waals surface area (Å²) in [6, 6.07) is 15.9. The minimum Gasteiger partial charge on any atom is -0.299 e. The number of pyridine rings is 2. The lowest BCUT2D eigenvalue weighted by atomic mass is 10.0. The van der Waals surface area contributed by atoms with Crippen molar-refractivity contribution >= 4 is 16.7 Å². The number of ketones is 1. The van der Waals surface area contributed by atoms with Crippen LogP contribution in [0.5, 0.6) is 0 Å². The number of Topliss-reactive ketones (excluding diaryl/α,β-unsaturated/α-hetero) is 1. The average molecular weight is 356 g/mol. The normalized spacial score (nSPS) is 11.0. The molecule has 4 aromatic rings. The van der Waals surface area contributed by atoms with E-state index in [0.29, 0.717) is 12.8 Å². The number of nitrogens with zero attached hydrogens (tertiary/aromatic N) is 4. The molecule has 3 heterocycles. The fraction of sp³-hybridized carbons (Fsp3) is 0.182. The molecule has 134 valence electrons. The van der Waals surface area contributed by atoms with Crippen molar-refractivity contribution in [1.82, 2.24) is 19.7 Å². The number of aromatic nitrogens is 4. The molecule has 0 spiro atoms. The second-order valence-corrected chi connectivity index (χ2v) is 6.67. The second kappa shape index (κ2) is 7.50. The predicted octanol–water partition coefficient (Wildman–Crippen LogP) is 3.77. The highest BCUT2D eigenvalue weighted by atomic mass is 16.1. The van der Waals surface area contributed by atoms with Crippen molar-refractivity contribution in [1.29, 1.82) is 0 Å². The smallest absolute Gasteiger partial charge is 0.139 e. The molecule has 0 unspecified atom stereocenters. The van der Waals surface area contributed by atoms with Gasteiger partial charge in [0.15, 0.2) is 0 Å². The van der Waals surface area contributed by atoms with E-state index in [9.17, 15) is 4.79 Å². The van der Waals surface area contributed by atoms with E-state index in [2.05, 4.69) is 10.1 Å². The summed E-state index contributed by atoms with van der Waals surface area (Å²) >= 11 is 0. The van der Waals surface area contributed by atoms with Crippen molar-refractivity contribution in [2.24, 2.45) is 7.05 Å².